The lowest BCUT2D eigenvalue weighted by Gasteiger charge is -2.23. The van der Waals surface area contributed by atoms with Gasteiger partial charge in [0.1, 0.15) is 0 Å². The van der Waals surface area contributed by atoms with Gasteiger partial charge in [0.25, 0.3) is 0 Å². The van der Waals surface area contributed by atoms with Crippen molar-refractivity contribution in [1.82, 2.24) is 10.2 Å². The lowest BCUT2D eigenvalue weighted by atomic mass is 10.0. The largest absolute Gasteiger partial charge is 0.356 e. The van der Waals surface area contributed by atoms with Gasteiger partial charge in [-0.3, -0.25) is 9.59 Å². The highest BCUT2D eigenvalue weighted by Gasteiger charge is 2.14. The van der Waals surface area contributed by atoms with Crippen molar-refractivity contribution in [2.45, 2.75) is 239 Å². The predicted octanol–water partition coefficient (Wildman–Crippen LogP) is 13.3. The zero-order valence-corrected chi connectivity index (χ0v) is 31.9. The van der Waals surface area contributed by atoms with E-state index >= 15 is 0 Å². The summed E-state index contributed by atoms with van der Waals surface area (Å²) in [5.74, 6) is 0.175. The Morgan fingerprint density at radius 1 is 0.370 bits per heavy atom. The van der Waals surface area contributed by atoms with Crippen molar-refractivity contribution in [3.8, 4) is 0 Å². The molecule has 4 heteroatoms. The molecule has 0 aliphatic heterocycles. The van der Waals surface area contributed by atoms with Crippen LogP contribution in [0, 0.1) is 0 Å². The van der Waals surface area contributed by atoms with Gasteiger partial charge in [-0.25, -0.2) is 0 Å². The Kier molecular flexibility index (Phi) is 37.5. The number of carbonyl (C=O) groups is 2. The minimum Gasteiger partial charge on any atom is -0.356 e. The molecule has 46 heavy (non-hydrogen) atoms. The Balaban J connectivity index is 3.90. The van der Waals surface area contributed by atoms with Crippen LogP contribution in [0.15, 0.2) is 0 Å². The molecule has 0 heterocycles. The van der Waals surface area contributed by atoms with Crippen LogP contribution in [0.1, 0.15) is 239 Å². The molecule has 0 spiro atoms. The first kappa shape index (κ1) is 44.9. The summed E-state index contributed by atoms with van der Waals surface area (Å²) in [5.41, 5.74) is 0. The van der Waals surface area contributed by atoms with E-state index in [1.807, 2.05) is 6.92 Å². The second-order valence-electron chi connectivity index (χ2n) is 14.4. The van der Waals surface area contributed by atoms with E-state index in [0.717, 1.165) is 25.9 Å². The number of nitrogens with one attached hydrogen (secondary N) is 1. The van der Waals surface area contributed by atoms with Crippen molar-refractivity contribution in [3.63, 3.8) is 0 Å². The standard InChI is InChI=1S/C42H84N2O2/c1-4-7-9-11-13-15-17-19-21-23-25-27-29-31-33-35-39-44(42(46)38-37-41(45)43-6-3)40-36-34-32-30-28-26-24-22-20-18-16-14-12-10-8-5-2/h4-40H2,1-3H3,(H,43,45). The fraction of sp³-hybridized carbons (Fsp3) is 0.952. The van der Waals surface area contributed by atoms with Gasteiger partial charge in [0.2, 0.25) is 11.8 Å². The first-order valence-electron chi connectivity index (χ1n) is 21.2. The Bertz CT molecular complexity index is 587. The highest BCUT2D eigenvalue weighted by atomic mass is 16.2. The summed E-state index contributed by atoms with van der Waals surface area (Å²) >= 11 is 0. The van der Waals surface area contributed by atoms with E-state index in [1.54, 1.807) is 0 Å². The zero-order valence-electron chi connectivity index (χ0n) is 31.9. The average molecular weight is 649 g/mol. The molecule has 0 aliphatic carbocycles. The van der Waals surface area contributed by atoms with Crippen molar-refractivity contribution in [3.05, 3.63) is 0 Å². The minimum atomic E-state index is 0.000572. The van der Waals surface area contributed by atoms with Crippen molar-refractivity contribution in [2.75, 3.05) is 19.6 Å². The summed E-state index contributed by atoms with van der Waals surface area (Å²) in [5, 5.41) is 2.83. The van der Waals surface area contributed by atoms with Crippen molar-refractivity contribution < 1.29 is 9.59 Å². The van der Waals surface area contributed by atoms with Crippen LogP contribution in [0.3, 0.4) is 0 Å². The fourth-order valence-corrected chi connectivity index (χ4v) is 6.73. The first-order chi connectivity index (χ1) is 22.7. The van der Waals surface area contributed by atoms with Gasteiger partial charge >= 0.3 is 0 Å². The number of amides is 2. The van der Waals surface area contributed by atoms with Gasteiger partial charge in [-0.05, 0) is 19.8 Å². The van der Waals surface area contributed by atoms with Gasteiger partial charge in [-0.2, -0.15) is 0 Å². The molecule has 0 radical (unpaired) electrons. The van der Waals surface area contributed by atoms with Gasteiger partial charge < -0.3 is 10.2 Å². The maximum atomic E-state index is 13.0. The molecule has 0 atom stereocenters. The zero-order chi connectivity index (χ0) is 33.6. The molecular weight excluding hydrogens is 564 g/mol. The van der Waals surface area contributed by atoms with E-state index in [4.69, 9.17) is 0 Å². The molecule has 0 aromatic heterocycles. The van der Waals surface area contributed by atoms with Crippen molar-refractivity contribution in [1.29, 1.82) is 0 Å². The molecule has 0 unspecified atom stereocenters. The molecule has 0 fully saturated rings. The van der Waals surface area contributed by atoms with E-state index in [1.165, 1.54) is 193 Å². The average Bonchev–Trinajstić information content (AvgIpc) is 3.06. The van der Waals surface area contributed by atoms with Crippen LogP contribution in [-0.2, 0) is 9.59 Å². The monoisotopic (exact) mass is 649 g/mol. The van der Waals surface area contributed by atoms with Gasteiger partial charge in [-0.1, -0.05) is 206 Å². The van der Waals surface area contributed by atoms with E-state index in [0.29, 0.717) is 19.4 Å². The second kappa shape index (κ2) is 38.4. The predicted molar refractivity (Wildman–Crippen MR) is 204 cm³/mol. The van der Waals surface area contributed by atoms with Crippen LogP contribution < -0.4 is 5.32 Å². The van der Waals surface area contributed by atoms with Crippen LogP contribution in [0.5, 0.6) is 0 Å². The third-order valence-electron chi connectivity index (χ3n) is 9.86. The molecule has 0 saturated carbocycles. The van der Waals surface area contributed by atoms with Crippen molar-refractivity contribution >= 4 is 11.8 Å². The third kappa shape index (κ3) is 34.3. The summed E-state index contributed by atoms with van der Waals surface area (Å²) in [6, 6.07) is 0. The molecule has 0 bridgehead atoms. The Hall–Kier alpha value is -1.06. The first-order valence-corrected chi connectivity index (χ1v) is 21.2. The molecule has 0 aromatic carbocycles. The van der Waals surface area contributed by atoms with E-state index in [-0.39, 0.29) is 11.8 Å². The molecule has 1 N–H and O–H groups in total. The van der Waals surface area contributed by atoms with E-state index < -0.39 is 0 Å². The number of hydrogen-bond donors (Lipinski definition) is 1. The highest BCUT2D eigenvalue weighted by molar-refractivity contribution is 5.83. The molecular formula is C42H84N2O2. The van der Waals surface area contributed by atoms with Gasteiger partial charge in [-0.15, -0.1) is 0 Å². The highest BCUT2D eigenvalue weighted by Crippen LogP contribution is 2.16. The summed E-state index contributed by atoms with van der Waals surface area (Å²) in [4.78, 5) is 27.0. The second-order valence-corrected chi connectivity index (χ2v) is 14.4. The van der Waals surface area contributed by atoms with Crippen LogP contribution in [0.4, 0.5) is 0 Å². The number of carbonyl (C=O) groups excluding carboxylic acids is 2. The van der Waals surface area contributed by atoms with Gasteiger partial charge in [0, 0.05) is 32.5 Å². The van der Waals surface area contributed by atoms with Crippen LogP contribution in [0.25, 0.3) is 0 Å². The smallest absolute Gasteiger partial charge is 0.223 e. The number of hydrogen-bond acceptors (Lipinski definition) is 2. The summed E-state index contributed by atoms with van der Waals surface area (Å²) in [6.45, 7) is 8.88. The summed E-state index contributed by atoms with van der Waals surface area (Å²) in [7, 11) is 0. The number of unbranched alkanes of at least 4 members (excludes halogenated alkanes) is 30. The van der Waals surface area contributed by atoms with Gasteiger partial charge in [0.05, 0.1) is 0 Å². The third-order valence-corrected chi connectivity index (χ3v) is 9.86. The quantitative estimate of drug-likeness (QED) is 0.0677. The Morgan fingerprint density at radius 3 is 0.891 bits per heavy atom. The van der Waals surface area contributed by atoms with Crippen LogP contribution in [-0.4, -0.2) is 36.3 Å². The van der Waals surface area contributed by atoms with Gasteiger partial charge in [0.15, 0.2) is 0 Å². The molecule has 274 valence electrons. The number of rotatable bonds is 38. The van der Waals surface area contributed by atoms with Crippen LogP contribution in [0.2, 0.25) is 0 Å². The Labute approximate surface area is 289 Å². The minimum absolute atomic E-state index is 0.000572. The molecule has 4 nitrogen and oxygen atoms in total. The molecule has 0 rings (SSSR count). The maximum absolute atomic E-state index is 13.0. The Morgan fingerprint density at radius 2 is 0.630 bits per heavy atom. The molecule has 0 aromatic rings. The van der Waals surface area contributed by atoms with Crippen molar-refractivity contribution in [2.24, 2.45) is 0 Å². The lowest BCUT2D eigenvalue weighted by Crippen LogP contribution is -2.34. The number of nitrogens with zero attached hydrogens (tertiary/aromatic N) is 1. The normalized spacial score (nSPS) is 11.3. The topological polar surface area (TPSA) is 49.4 Å². The SMILES string of the molecule is CCCCCCCCCCCCCCCCCCN(CCCCCCCCCCCCCCCCCC)C(=O)CCC(=O)NCC. The van der Waals surface area contributed by atoms with E-state index in [9.17, 15) is 9.59 Å². The molecule has 0 aliphatic rings. The van der Waals surface area contributed by atoms with Crippen LogP contribution >= 0.6 is 0 Å². The fourth-order valence-electron chi connectivity index (χ4n) is 6.73. The summed E-state index contributed by atoms with van der Waals surface area (Å²) < 4.78 is 0. The summed E-state index contributed by atoms with van der Waals surface area (Å²) in [6.07, 6.45) is 44.5. The molecule has 2 amide bonds. The molecule has 0 saturated heterocycles. The maximum Gasteiger partial charge on any atom is 0.223 e. The lowest BCUT2D eigenvalue weighted by molar-refractivity contribution is -0.133. The van der Waals surface area contributed by atoms with E-state index in [2.05, 4.69) is 24.1 Å².